The Morgan fingerprint density at radius 3 is 2.68 bits per heavy atom. The third-order valence-corrected chi connectivity index (χ3v) is 3.84. The Balaban J connectivity index is 0.00000242. The molecule has 0 bridgehead atoms. The first kappa shape index (κ1) is 19.2. The van der Waals surface area contributed by atoms with E-state index < -0.39 is 0 Å². The van der Waals surface area contributed by atoms with Crippen LogP contribution in [0.1, 0.15) is 25.8 Å². The molecule has 124 valence electrons. The summed E-state index contributed by atoms with van der Waals surface area (Å²) in [7, 11) is 0. The van der Waals surface area contributed by atoms with Crippen molar-refractivity contribution in [3.63, 3.8) is 0 Å². The molecule has 0 aromatic heterocycles. The van der Waals surface area contributed by atoms with Crippen molar-refractivity contribution in [3.05, 3.63) is 29.8 Å². The van der Waals surface area contributed by atoms with Gasteiger partial charge in [0.1, 0.15) is 0 Å². The number of nitrogens with one attached hydrogen (secondary N) is 1. The molecule has 4 nitrogen and oxygen atoms in total. The van der Waals surface area contributed by atoms with Gasteiger partial charge < -0.3 is 16.0 Å². The van der Waals surface area contributed by atoms with E-state index in [1.807, 2.05) is 12.1 Å². The summed E-state index contributed by atoms with van der Waals surface area (Å²) in [6, 6.07) is 8.18. The summed E-state index contributed by atoms with van der Waals surface area (Å²) in [5, 5.41) is 3.15. The lowest BCUT2D eigenvalue weighted by atomic mass is 10.1. The maximum atomic E-state index is 5.96. The van der Waals surface area contributed by atoms with Gasteiger partial charge in [0, 0.05) is 25.3 Å². The second-order valence-electron chi connectivity index (χ2n) is 6.53. The molecule has 2 rings (SSSR count). The van der Waals surface area contributed by atoms with Crippen molar-refractivity contribution < 1.29 is 0 Å². The van der Waals surface area contributed by atoms with Gasteiger partial charge in [-0.2, -0.15) is 0 Å². The van der Waals surface area contributed by atoms with E-state index in [0.29, 0.717) is 11.9 Å². The standard InChI is InChI=1S/C17H28N4.HI/c1-13(2)11-21-9-8-15(12-21)10-19-17(18)20-16-6-4-14(3)5-7-16;/h4-7,13,15H,8-12H2,1-3H3,(H3,18,19,20);1H. The summed E-state index contributed by atoms with van der Waals surface area (Å²) < 4.78 is 0. The van der Waals surface area contributed by atoms with Crippen molar-refractivity contribution in [3.8, 4) is 0 Å². The minimum atomic E-state index is 0. The molecule has 0 spiro atoms. The highest BCUT2D eigenvalue weighted by Gasteiger charge is 2.22. The summed E-state index contributed by atoms with van der Waals surface area (Å²) in [5.74, 6) is 1.89. The first-order valence-electron chi connectivity index (χ1n) is 7.89. The van der Waals surface area contributed by atoms with Crippen molar-refractivity contribution in [1.29, 1.82) is 0 Å². The van der Waals surface area contributed by atoms with Crippen molar-refractivity contribution in [1.82, 2.24) is 4.90 Å². The largest absolute Gasteiger partial charge is 0.370 e. The number of aliphatic imine (C=N–C) groups is 1. The van der Waals surface area contributed by atoms with Gasteiger partial charge in [0.25, 0.3) is 0 Å². The molecule has 0 amide bonds. The van der Waals surface area contributed by atoms with Gasteiger partial charge in [0.15, 0.2) is 5.96 Å². The van der Waals surface area contributed by atoms with E-state index in [1.54, 1.807) is 0 Å². The molecular formula is C17H29IN4. The average Bonchev–Trinajstić information content (AvgIpc) is 2.86. The molecular weight excluding hydrogens is 387 g/mol. The van der Waals surface area contributed by atoms with Gasteiger partial charge in [0.05, 0.1) is 0 Å². The smallest absolute Gasteiger partial charge is 0.193 e. The molecule has 1 aliphatic heterocycles. The Morgan fingerprint density at radius 1 is 1.36 bits per heavy atom. The van der Waals surface area contributed by atoms with Crippen LogP contribution < -0.4 is 11.1 Å². The first-order valence-corrected chi connectivity index (χ1v) is 7.89. The molecule has 5 heteroatoms. The van der Waals surface area contributed by atoms with Crippen LogP contribution in [-0.2, 0) is 0 Å². The third kappa shape index (κ3) is 6.52. The number of likely N-dealkylation sites (tertiary alicyclic amines) is 1. The van der Waals surface area contributed by atoms with Gasteiger partial charge in [-0.15, -0.1) is 24.0 Å². The van der Waals surface area contributed by atoms with Crippen molar-refractivity contribution in [2.24, 2.45) is 22.6 Å². The molecule has 1 heterocycles. The van der Waals surface area contributed by atoms with E-state index in [2.05, 4.69) is 48.1 Å². The summed E-state index contributed by atoms with van der Waals surface area (Å²) in [4.78, 5) is 7.03. The zero-order chi connectivity index (χ0) is 15.2. The number of aryl methyl sites for hydroxylation is 1. The van der Waals surface area contributed by atoms with Crippen LogP contribution in [0.25, 0.3) is 0 Å². The predicted molar refractivity (Wildman–Crippen MR) is 106 cm³/mol. The number of anilines is 1. The lowest BCUT2D eigenvalue weighted by Gasteiger charge is -2.17. The molecule has 0 saturated carbocycles. The lowest BCUT2D eigenvalue weighted by Crippen LogP contribution is -2.26. The van der Waals surface area contributed by atoms with Gasteiger partial charge in [0.2, 0.25) is 0 Å². The number of benzene rings is 1. The van der Waals surface area contributed by atoms with Crippen LogP contribution in [-0.4, -0.2) is 37.0 Å². The topological polar surface area (TPSA) is 53.6 Å². The van der Waals surface area contributed by atoms with E-state index in [1.165, 1.54) is 25.1 Å². The molecule has 1 saturated heterocycles. The Kier molecular flexibility index (Phi) is 8.17. The normalized spacial score (nSPS) is 19.3. The lowest BCUT2D eigenvalue weighted by molar-refractivity contribution is 0.288. The van der Waals surface area contributed by atoms with Crippen LogP contribution in [0.15, 0.2) is 29.3 Å². The van der Waals surface area contributed by atoms with Gasteiger partial charge in [-0.25, -0.2) is 0 Å². The SMILES string of the molecule is Cc1ccc(NC(N)=NCC2CCN(CC(C)C)C2)cc1.I. The van der Waals surface area contributed by atoms with Crippen LogP contribution in [0.4, 0.5) is 5.69 Å². The summed E-state index contributed by atoms with van der Waals surface area (Å²) >= 11 is 0. The first-order chi connectivity index (χ1) is 10.0. The second-order valence-corrected chi connectivity index (χ2v) is 6.53. The number of nitrogens with two attached hydrogens (primary N) is 1. The number of rotatable bonds is 5. The summed E-state index contributed by atoms with van der Waals surface area (Å²) in [6.07, 6.45) is 1.23. The Morgan fingerprint density at radius 2 is 2.05 bits per heavy atom. The molecule has 1 fully saturated rings. The number of hydrogen-bond acceptors (Lipinski definition) is 2. The molecule has 1 aromatic rings. The molecule has 3 N–H and O–H groups in total. The van der Waals surface area contributed by atoms with E-state index in [4.69, 9.17) is 5.73 Å². The Hall–Kier alpha value is -0.820. The molecule has 1 aromatic carbocycles. The number of nitrogens with zero attached hydrogens (tertiary/aromatic N) is 2. The summed E-state index contributed by atoms with van der Waals surface area (Å²) in [6.45, 7) is 11.0. The third-order valence-electron chi connectivity index (χ3n) is 3.84. The molecule has 22 heavy (non-hydrogen) atoms. The molecule has 0 aliphatic carbocycles. The highest BCUT2D eigenvalue weighted by Crippen LogP contribution is 2.17. The van der Waals surface area contributed by atoms with Gasteiger partial charge in [-0.1, -0.05) is 31.5 Å². The van der Waals surface area contributed by atoms with E-state index in [0.717, 1.165) is 24.7 Å². The molecule has 1 unspecified atom stereocenters. The number of hydrogen-bond donors (Lipinski definition) is 2. The van der Waals surface area contributed by atoms with E-state index >= 15 is 0 Å². The van der Waals surface area contributed by atoms with Gasteiger partial charge in [-0.3, -0.25) is 4.99 Å². The number of guanidine groups is 1. The molecule has 1 atom stereocenters. The fourth-order valence-corrected chi connectivity index (χ4v) is 2.80. The maximum Gasteiger partial charge on any atom is 0.193 e. The fraction of sp³-hybridized carbons (Fsp3) is 0.588. The van der Waals surface area contributed by atoms with Crippen molar-refractivity contribution in [2.75, 3.05) is 31.5 Å². The van der Waals surface area contributed by atoms with Crippen LogP contribution in [0, 0.1) is 18.8 Å². The van der Waals surface area contributed by atoms with Gasteiger partial charge in [-0.05, 0) is 43.9 Å². The zero-order valence-electron chi connectivity index (χ0n) is 13.9. The van der Waals surface area contributed by atoms with E-state index in [-0.39, 0.29) is 24.0 Å². The maximum absolute atomic E-state index is 5.96. The van der Waals surface area contributed by atoms with Crippen molar-refractivity contribution >= 4 is 35.6 Å². The minimum absolute atomic E-state index is 0. The van der Waals surface area contributed by atoms with Crippen LogP contribution in [0.2, 0.25) is 0 Å². The second kappa shape index (κ2) is 9.35. The van der Waals surface area contributed by atoms with E-state index in [9.17, 15) is 0 Å². The quantitative estimate of drug-likeness (QED) is 0.440. The Bertz CT molecular complexity index is 470. The van der Waals surface area contributed by atoms with Crippen LogP contribution >= 0.6 is 24.0 Å². The fourth-order valence-electron chi connectivity index (χ4n) is 2.80. The number of halogens is 1. The highest BCUT2D eigenvalue weighted by molar-refractivity contribution is 14.0. The van der Waals surface area contributed by atoms with Crippen molar-refractivity contribution in [2.45, 2.75) is 27.2 Å². The highest BCUT2D eigenvalue weighted by atomic mass is 127. The van der Waals surface area contributed by atoms with Crippen LogP contribution in [0.5, 0.6) is 0 Å². The van der Waals surface area contributed by atoms with Gasteiger partial charge >= 0.3 is 0 Å². The minimum Gasteiger partial charge on any atom is -0.370 e. The summed E-state index contributed by atoms with van der Waals surface area (Å²) in [5.41, 5.74) is 8.20. The predicted octanol–water partition coefficient (Wildman–Crippen LogP) is 3.32. The zero-order valence-corrected chi connectivity index (χ0v) is 16.2. The Labute approximate surface area is 151 Å². The molecule has 1 aliphatic rings. The monoisotopic (exact) mass is 416 g/mol. The van der Waals surface area contributed by atoms with Crippen LogP contribution in [0.3, 0.4) is 0 Å². The molecule has 0 radical (unpaired) electrons. The average molecular weight is 416 g/mol.